The monoisotopic (exact) mass is 355 g/mol. The lowest BCUT2D eigenvalue weighted by Crippen LogP contribution is -2.32. The molecule has 5 nitrogen and oxygen atoms in total. The third-order valence-electron chi connectivity index (χ3n) is 4.49. The van der Waals surface area contributed by atoms with E-state index in [0.717, 1.165) is 41.5 Å². The van der Waals surface area contributed by atoms with Crippen LogP contribution in [-0.4, -0.2) is 35.9 Å². The fourth-order valence-electron chi connectivity index (χ4n) is 2.87. The first-order valence-electron chi connectivity index (χ1n) is 8.40. The number of aryl methyl sites for hydroxylation is 2. The Kier molecular flexibility index (Phi) is 5.57. The maximum Gasteiger partial charge on any atom is 0.230 e. The normalized spacial score (nSPS) is 16.8. The molecule has 0 aliphatic carbocycles. The molecule has 0 unspecified atom stereocenters. The minimum Gasteiger partial charge on any atom is -0.376 e. The summed E-state index contributed by atoms with van der Waals surface area (Å²) in [5.41, 5.74) is 3.66. The van der Waals surface area contributed by atoms with E-state index in [1.165, 1.54) is 11.8 Å². The maximum atomic E-state index is 12.1. The zero-order valence-electron chi connectivity index (χ0n) is 14.5. The summed E-state index contributed by atoms with van der Waals surface area (Å²) in [6, 6.07) is 8.05. The van der Waals surface area contributed by atoms with Crippen LogP contribution in [0.3, 0.4) is 0 Å². The molecule has 0 bridgehead atoms. The Labute approximate surface area is 151 Å². The quantitative estimate of drug-likeness (QED) is 0.834. The van der Waals surface area contributed by atoms with Gasteiger partial charge in [0.25, 0.3) is 0 Å². The average molecular weight is 355 g/mol. The number of aromatic nitrogens is 1. The van der Waals surface area contributed by atoms with Gasteiger partial charge < -0.3 is 10.1 Å². The van der Waals surface area contributed by atoms with E-state index in [0.29, 0.717) is 17.1 Å². The summed E-state index contributed by atoms with van der Waals surface area (Å²) >= 11 is 1.31. The number of hydrogen-bond acceptors (Lipinski definition) is 5. The van der Waals surface area contributed by atoms with Gasteiger partial charge in [-0.25, -0.2) is 4.98 Å². The van der Waals surface area contributed by atoms with Gasteiger partial charge in [0, 0.05) is 18.5 Å². The molecule has 2 aromatic rings. The summed E-state index contributed by atoms with van der Waals surface area (Å²) in [6.07, 6.45) is 2.19. The molecule has 1 aliphatic heterocycles. The Morgan fingerprint density at radius 3 is 3.04 bits per heavy atom. The van der Waals surface area contributed by atoms with Gasteiger partial charge in [0.1, 0.15) is 11.1 Å². The number of rotatable bonds is 5. The highest BCUT2D eigenvalue weighted by Gasteiger charge is 2.17. The molecule has 1 fully saturated rings. The number of amides is 1. The van der Waals surface area contributed by atoms with Crippen LogP contribution in [0.15, 0.2) is 23.2 Å². The van der Waals surface area contributed by atoms with Gasteiger partial charge in [0.2, 0.25) is 5.91 Å². The Morgan fingerprint density at radius 2 is 2.32 bits per heavy atom. The first-order chi connectivity index (χ1) is 12.1. The number of nitriles is 1. The maximum absolute atomic E-state index is 12.1. The first-order valence-corrected chi connectivity index (χ1v) is 9.39. The Hall–Kier alpha value is -2.10. The number of carbonyl (C=O) groups is 1. The van der Waals surface area contributed by atoms with Crippen molar-refractivity contribution in [3.8, 4) is 6.07 Å². The van der Waals surface area contributed by atoms with Crippen LogP contribution in [0, 0.1) is 25.2 Å². The zero-order chi connectivity index (χ0) is 17.8. The SMILES string of the molecule is Cc1ccc2cc(C#N)c(SCC(=O)NC[C@@H]3CCCO3)nc2c1C. The highest BCUT2D eigenvalue weighted by molar-refractivity contribution is 8.00. The fraction of sp³-hybridized carbons (Fsp3) is 0.421. The van der Waals surface area contributed by atoms with E-state index in [9.17, 15) is 10.1 Å². The summed E-state index contributed by atoms with van der Waals surface area (Å²) in [4.78, 5) is 16.7. The second-order valence-electron chi connectivity index (χ2n) is 6.26. The molecule has 1 saturated heterocycles. The number of fused-ring (bicyclic) bond motifs is 1. The van der Waals surface area contributed by atoms with E-state index >= 15 is 0 Å². The standard InChI is InChI=1S/C19H21N3O2S/c1-12-5-6-14-8-15(9-20)19(22-18(14)13(12)2)25-11-17(23)21-10-16-4-3-7-24-16/h5-6,8,16H,3-4,7,10-11H2,1-2H3,(H,21,23)/t16-/m0/s1. The van der Waals surface area contributed by atoms with Crippen LogP contribution in [0.25, 0.3) is 10.9 Å². The number of nitrogens with one attached hydrogen (secondary N) is 1. The van der Waals surface area contributed by atoms with Gasteiger partial charge in [-0.3, -0.25) is 4.79 Å². The third-order valence-corrected chi connectivity index (χ3v) is 5.48. The van der Waals surface area contributed by atoms with Crippen molar-refractivity contribution in [3.63, 3.8) is 0 Å². The molecule has 1 aromatic carbocycles. The molecule has 1 N–H and O–H groups in total. The predicted octanol–water partition coefficient (Wildman–Crippen LogP) is 3.11. The van der Waals surface area contributed by atoms with E-state index in [1.54, 1.807) is 0 Å². The molecule has 0 radical (unpaired) electrons. The van der Waals surface area contributed by atoms with Crippen molar-refractivity contribution in [2.45, 2.75) is 37.8 Å². The summed E-state index contributed by atoms with van der Waals surface area (Å²) in [6.45, 7) is 5.40. The molecule has 25 heavy (non-hydrogen) atoms. The van der Waals surface area contributed by atoms with Crippen LogP contribution in [0.2, 0.25) is 0 Å². The predicted molar refractivity (Wildman–Crippen MR) is 98.6 cm³/mol. The van der Waals surface area contributed by atoms with Crippen LogP contribution in [0.4, 0.5) is 0 Å². The van der Waals surface area contributed by atoms with Gasteiger partial charge in [0.05, 0.1) is 22.9 Å². The molecule has 6 heteroatoms. The van der Waals surface area contributed by atoms with E-state index in [2.05, 4.69) is 16.4 Å². The van der Waals surface area contributed by atoms with Crippen molar-refractivity contribution in [3.05, 3.63) is 34.9 Å². The van der Waals surface area contributed by atoms with Crippen molar-refractivity contribution in [1.29, 1.82) is 5.26 Å². The Morgan fingerprint density at radius 1 is 1.48 bits per heavy atom. The van der Waals surface area contributed by atoms with E-state index < -0.39 is 0 Å². The van der Waals surface area contributed by atoms with Crippen molar-refractivity contribution in [2.75, 3.05) is 18.9 Å². The second kappa shape index (κ2) is 7.85. The molecule has 1 atom stereocenters. The second-order valence-corrected chi connectivity index (χ2v) is 7.22. The smallest absolute Gasteiger partial charge is 0.230 e. The van der Waals surface area contributed by atoms with Crippen LogP contribution in [0.1, 0.15) is 29.5 Å². The van der Waals surface area contributed by atoms with Crippen LogP contribution < -0.4 is 5.32 Å². The van der Waals surface area contributed by atoms with Crippen LogP contribution in [-0.2, 0) is 9.53 Å². The number of ether oxygens (including phenoxy) is 1. The highest BCUT2D eigenvalue weighted by Crippen LogP contribution is 2.27. The van der Waals surface area contributed by atoms with Gasteiger partial charge in [-0.2, -0.15) is 5.26 Å². The summed E-state index contributed by atoms with van der Waals surface area (Å²) in [7, 11) is 0. The summed E-state index contributed by atoms with van der Waals surface area (Å²) in [5.74, 6) is 0.178. The van der Waals surface area contributed by atoms with Crippen molar-refractivity contribution in [1.82, 2.24) is 10.3 Å². The molecule has 1 aromatic heterocycles. The largest absolute Gasteiger partial charge is 0.376 e. The van der Waals surface area contributed by atoms with Gasteiger partial charge in [-0.1, -0.05) is 23.9 Å². The Bertz CT molecular complexity index is 839. The molecule has 3 rings (SSSR count). The summed E-state index contributed by atoms with van der Waals surface area (Å²) in [5, 5.41) is 13.8. The topological polar surface area (TPSA) is 75.0 Å². The lowest BCUT2D eigenvalue weighted by Gasteiger charge is -2.11. The minimum absolute atomic E-state index is 0.0627. The number of carbonyl (C=O) groups excluding carboxylic acids is 1. The van der Waals surface area contributed by atoms with Crippen LogP contribution >= 0.6 is 11.8 Å². The molecule has 0 saturated carbocycles. The molecule has 0 spiro atoms. The average Bonchev–Trinajstić information content (AvgIpc) is 3.14. The number of pyridine rings is 1. The highest BCUT2D eigenvalue weighted by atomic mass is 32.2. The number of thioether (sulfide) groups is 1. The molecule has 1 amide bonds. The zero-order valence-corrected chi connectivity index (χ0v) is 15.3. The van der Waals surface area contributed by atoms with Gasteiger partial charge >= 0.3 is 0 Å². The van der Waals surface area contributed by atoms with E-state index in [4.69, 9.17) is 4.74 Å². The lowest BCUT2D eigenvalue weighted by atomic mass is 10.0. The fourth-order valence-corrected chi connectivity index (χ4v) is 3.66. The molecule has 130 valence electrons. The van der Waals surface area contributed by atoms with E-state index in [1.807, 2.05) is 32.0 Å². The van der Waals surface area contributed by atoms with Crippen molar-refractivity contribution >= 4 is 28.6 Å². The lowest BCUT2D eigenvalue weighted by molar-refractivity contribution is -0.119. The number of benzene rings is 1. The molecule has 1 aliphatic rings. The van der Waals surface area contributed by atoms with Crippen LogP contribution in [0.5, 0.6) is 0 Å². The van der Waals surface area contributed by atoms with Crippen molar-refractivity contribution < 1.29 is 9.53 Å². The van der Waals surface area contributed by atoms with Gasteiger partial charge in [0.15, 0.2) is 0 Å². The third kappa shape index (κ3) is 4.12. The molecular weight excluding hydrogens is 334 g/mol. The Balaban J connectivity index is 1.70. The minimum atomic E-state index is -0.0627. The van der Waals surface area contributed by atoms with Gasteiger partial charge in [-0.05, 0) is 43.9 Å². The molecular formula is C19H21N3O2S. The van der Waals surface area contributed by atoms with Gasteiger partial charge in [-0.15, -0.1) is 0 Å². The first kappa shape index (κ1) is 17.7. The van der Waals surface area contributed by atoms with E-state index in [-0.39, 0.29) is 17.8 Å². The van der Waals surface area contributed by atoms with Crippen molar-refractivity contribution in [2.24, 2.45) is 0 Å². The number of hydrogen-bond donors (Lipinski definition) is 1. The number of nitrogens with zero attached hydrogens (tertiary/aromatic N) is 2. The summed E-state index contributed by atoms with van der Waals surface area (Å²) < 4.78 is 5.50. The molecule has 2 heterocycles.